The summed E-state index contributed by atoms with van der Waals surface area (Å²) < 4.78 is 45.2. The number of alkyl halides is 3. The first-order valence-electron chi connectivity index (χ1n) is 8.73. The molecule has 2 aromatic rings. The van der Waals surface area contributed by atoms with Crippen molar-refractivity contribution in [3.8, 4) is 16.9 Å². The molecule has 1 atom stereocenters. The van der Waals surface area contributed by atoms with Gasteiger partial charge in [-0.2, -0.15) is 13.2 Å². The molecule has 4 N–H and O–H groups in total. The van der Waals surface area contributed by atoms with E-state index in [0.29, 0.717) is 22.4 Å². The van der Waals surface area contributed by atoms with Gasteiger partial charge >= 0.3 is 18.2 Å². The molecule has 156 valence electrons. The zero-order valence-corrected chi connectivity index (χ0v) is 15.8. The number of urea groups is 1. The predicted molar refractivity (Wildman–Crippen MR) is 101 cm³/mol. The van der Waals surface area contributed by atoms with Crippen molar-refractivity contribution in [2.75, 3.05) is 7.11 Å². The van der Waals surface area contributed by atoms with Crippen LogP contribution in [0.1, 0.15) is 36.1 Å². The molecule has 0 fully saturated rings. The third kappa shape index (κ3) is 5.40. The molecule has 29 heavy (non-hydrogen) atoms. The van der Waals surface area contributed by atoms with Crippen LogP contribution in [0.4, 0.5) is 18.0 Å². The van der Waals surface area contributed by atoms with Crippen LogP contribution < -0.4 is 15.8 Å². The molecule has 0 saturated heterocycles. The van der Waals surface area contributed by atoms with Crippen molar-refractivity contribution in [2.45, 2.75) is 32.0 Å². The van der Waals surface area contributed by atoms with Crippen LogP contribution in [-0.2, 0) is 17.4 Å². The number of primary amides is 1. The average molecular weight is 410 g/mol. The molecule has 0 saturated carbocycles. The number of aliphatic carboxylic acids is 1. The number of nitrogens with one attached hydrogen (secondary N) is 1. The van der Waals surface area contributed by atoms with E-state index in [1.165, 1.54) is 13.2 Å². The number of nitrogens with two attached hydrogens (primary N) is 1. The van der Waals surface area contributed by atoms with Gasteiger partial charge in [0.15, 0.2) is 0 Å². The number of carboxylic acids is 1. The molecule has 2 amide bonds. The Balaban J connectivity index is 2.73. The van der Waals surface area contributed by atoms with Gasteiger partial charge in [-0.05, 0) is 47.4 Å². The molecule has 2 aromatic carbocycles. The average Bonchev–Trinajstić information content (AvgIpc) is 2.64. The molecule has 0 radical (unpaired) electrons. The maximum absolute atomic E-state index is 13.3. The van der Waals surface area contributed by atoms with Crippen LogP contribution >= 0.6 is 0 Å². The number of benzene rings is 2. The highest BCUT2D eigenvalue weighted by molar-refractivity contribution is 5.78. The third-order valence-electron chi connectivity index (χ3n) is 4.39. The summed E-state index contributed by atoms with van der Waals surface area (Å²) in [5.41, 5.74) is 5.77. The van der Waals surface area contributed by atoms with Crippen LogP contribution in [0.15, 0.2) is 36.4 Å². The van der Waals surface area contributed by atoms with Crippen molar-refractivity contribution in [3.05, 3.63) is 53.1 Å². The quantitative estimate of drug-likeness (QED) is 0.639. The van der Waals surface area contributed by atoms with Crippen LogP contribution in [0.2, 0.25) is 0 Å². The van der Waals surface area contributed by atoms with Gasteiger partial charge in [0.2, 0.25) is 0 Å². The normalized spacial score (nSPS) is 12.3. The summed E-state index contributed by atoms with van der Waals surface area (Å²) in [5, 5.41) is 11.5. The molecular formula is C20H21F3N2O4. The molecule has 0 aromatic heterocycles. The minimum atomic E-state index is -4.58. The lowest BCUT2D eigenvalue weighted by Crippen LogP contribution is -2.33. The van der Waals surface area contributed by atoms with Crippen LogP contribution in [0.25, 0.3) is 11.1 Å². The fourth-order valence-corrected chi connectivity index (χ4v) is 3.09. The Kier molecular flexibility index (Phi) is 6.73. The maximum atomic E-state index is 13.3. The molecule has 0 heterocycles. The van der Waals surface area contributed by atoms with Gasteiger partial charge in [-0.25, -0.2) is 4.79 Å². The Labute approximate surface area is 165 Å². The van der Waals surface area contributed by atoms with Gasteiger partial charge in [-0.3, -0.25) is 4.79 Å². The van der Waals surface area contributed by atoms with E-state index in [4.69, 9.17) is 15.6 Å². The van der Waals surface area contributed by atoms with E-state index in [0.717, 1.165) is 12.1 Å². The number of carbonyl (C=O) groups excluding carboxylic acids is 1. The third-order valence-corrected chi connectivity index (χ3v) is 4.39. The Morgan fingerprint density at radius 3 is 2.38 bits per heavy atom. The second kappa shape index (κ2) is 8.85. The van der Waals surface area contributed by atoms with Crippen LogP contribution in [0.3, 0.4) is 0 Å². The number of ether oxygens (including phenoxy) is 1. The van der Waals surface area contributed by atoms with Crippen molar-refractivity contribution in [1.29, 1.82) is 0 Å². The number of hydrogen-bond donors (Lipinski definition) is 3. The topological polar surface area (TPSA) is 102 Å². The van der Waals surface area contributed by atoms with E-state index < -0.39 is 29.8 Å². The lowest BCUT2D eigenvalue weighted by molar-refractivity contribution is -0.138. The molecule has 0 bridgehead atoms. The highest BCUT2D eigenvalue weighted by atomic mass is 19.4. The van der Waals surface area contributed by atoms with Gasteiger partial charge in [0.05, 0.1) is 25.1 Å². The largest absolute Gasteiger partial charge is 0.496 e. The maximum Gasteiger partial charge on any atom is 0.416 e. The first-order valence-corrected chi connectivity index (χ1v) is 8.73. The number of methoxy groups -OCH3 is 1. The number of amides is 2. The molecule has 0 aliphatic heterocycles. The molecule has 2 rings (SSSR count). The summed E-state index contributed by atoms with van der Waals surface area (Å²) in [6, 6.07) is 6.20. The van der Waals surface area contributed by atoms with E-state index in [1.54, 1.807) is 25.1 Å². The van der Waals surface area contributed by atoms with E-state index >= 15 is 0 Å². The Morgan fingerprint density at radius 2 is 1.86 bits per heavy atom. The standard InChI is InChI=1S/C20H21F3N2O4/c1-3-16(25-19(24)28)14-10-12(20(21,22)23)5-6-13(14)15-8-11(9-18(26)27)4-7-17(15)29-2/h4-8,10,16H,3,9H2,1-2H3,(H,26,27)(H3,24,25,28). The van der Waals surface area contributed by atoms with Crippen LogP contribution in [0, 0.1) is 0 Å². The number of carboxylic acid groups (broad SMARTS) is 1. The first kappa shape index (κ1) is 22.1. The fraction of sp³-hybridized carbons (Fsp3) is 0.300. The Hall–Kier alpha value is -3.23. The van der Waals surface area contributed by atoms with Gasteiger partial charge in [0, 0.05) is 5.56 Å². The van der Waals surface area contributed by atoms with Crippen molar-refractivity contribution in [3.63, 3.8) is 0 Å². The summed E-state index contributed by atoms with van der Waals surface area (Å²) in [5.74, 6) is -0.690. The minimum absolute atomic E-state index is 0.201. The lowest BCUT2D eigenvalue weighted by atomic mass is 9.90. The summed E-state index contributed by atoms with van der Waals surface area (Å²) in [4.78, 5) is 22.4. The van der Waals surface area contributed by atoms with Gasteiger partial charge in [0.25, 0.3) is 0 Å². The van der Waals surface area contributed by atoms with Gasteiger partial charge in [-0.15, -0.1) is 0 Å². The molecule has 1 unspecified atom stereocenters. The highest BCUT2D eigenvalue weighted by Gasteiger charge is 2.32. The molecule has 6 nitrogen and oxygen atoms in total. The first-order chi connectivity index (χ1) is 13.6. The highest BCUT2D eigenvalue weighted by Crippen LogP contribution is 2.40. The smallest absolute Gasteiger partial charge is 0.416 e. The molecular weight excluding hydrogens is 389 g/mol. The summed E-state index contributed by atoms with van der Waals surface area (Å²) >= 11 is 0. The van der Waals surface area contributed by atoms with Crippen molar-refractivity contribution in [1.82, 2.24) is 5.32 Å². The Bertz CT molecular complexity index is 913. The van der Waals surface area contributed by atoms with E-state index in [2.05, 4.69) is 5.32 Å². The molecule has 0 aliphatic rings. The van der Waals surface area contributed by atoms with Crippen LogP contribution in [-0.4, -0.2) is 24.2 Å². The molecule has 0 spiro atoms. The Morgan fingerprint density at radius 1 is 1.17 bits per heavy atom. The van der Waals surface area contributed by atoms with Gasteiger partial charge < -0.3 is 20.9 Å². The van der Waals surface area contributed by atoms with Crippen LogP contribution in [0.5, 0.6) is 5.75 Å². The van der Waals surface area contributed by atoms with Crippen molar-refractivity contribution in [2.24, 2.45) is 5.73 Å². The number of carbonyl (C=O) groups is 2. The minimum Gasteiger partial charge on any atom is -0.496 e. The number of rotatable bonds is 7. The van der Waals surface area contributed by atoms with E-state index in [-0.39, 0.29) is 18.4 Å². The van der Waals surface area contributed by atoms with E-state index in [1.807, 2.05) is 0 Å². The number of halogens is 3. The monoisotopic (exact) mass is 410 g/mol. The number of hydrogen-bond acceptors (Lipinski definition) is 3. The van der Waals surface area contributed by atoms with E-state index in [9.17, 15) is 22.8 Å². The fourth-order valence-electron chi connectivity index (χ4n) is 3.09. The molecule has 9 heteroatoms. The second-order valence-corrected chi connectivity index (χ2v) is 6.37. The SMILES string of the molecule is CCC(NC(N)=O)c1cc(C(F)(F)F)ccc1-c1cc(CC(=O)O)ccc1OC. The zero-order valence-electron chi connectivity index (χ0n) is 15.8. The second-order valence-electron chi connectivity index (χ2n) is 6.37. The summed E-state index contributed by atoms with van der Waals surface area (Å²) in [6.07, 6.45) is -4.55. The van der Waals surface area contributed by atoms with Crippen molar-refractivity contribution < 1.29 is 32.6 Å². The summed E-state index contributed by atoms with van der Waals surface area (Å²) in [7, 11) is 1.40. The van der Waals surface area contributed by atoms with Gasteiger partial charge in [0.1, 0.15) is 5.75 Å². The zero-order chi connectivity index (χ0) is 21.8. The van der Waals surface area contributed by atoms with Crippen molar-refractivity contribution >= 4 is 12.0 Å². The predicted octanol–water partition coefficient (Wildman–Crippen LogP) is 4.13. The van der Waals surface area contributed by atoms with Gasteiger partial charge in [-0.1, -0.05) is 19.1 Å². The lowest BCUT2D eigenvalue weighted by Gasteiger charge is -2.23. The summed E-state index contributed by atoms with van der Waals surface area (Å²) in [6.45, 7) is 1.70. The molecule has 0 aliphatic carbocycles.